The summed E-state index contributed by atoms with van der Waals surface area (Å²) in [6.45, 7) is 1.92. The summed E-state index contributed by atoms with van der Waals surface area (Å²) in [7, 11) is -1.82. The molecule has 9 aromatic rings. The largest absolute Gasteiger partial charge is 0.461 e. The molecule has 1 saturated heterocycles. The number of esters is 1. The van der Waals surface area contributed by atoms with Crippen LogP contribution in [0.2, 0.25) is 0 Å². The highest BCUT2D eigenvalue weighted by Gasteiger charge is 2.58. The zero-order chi connectivity index (χ0) is 57.3. The summed E-state index contributed by atoms with van der Waals surface area (Å²) in [4.78, 5) is 67.7. The molecular weight excluding hydrogens is 1080 g/mol. The molecule has 0 saturated carbocycles. The summed E-state index contributed by atoms with van der Waals surface area (Å²) in [6, 6.07) is 64.0. The fourth-order valence-electron chi connectivity index (χ4n) is 10.8. The predicted octanol–water partition coefficient (Wildman–Crippen LogP) is 8.60. The van der Waals surface area contributed by atoms with Crippen molar-refractivity contribution in [3.05, 3.63) is 286 Å². The van der Waals surface area contributed by atoms with Crippen LogP contribution in [-0.4, -0.2) is 77.1 Å². The van der Waals surface area contributed by atoms with Crippen molar-refractivity contribution in [2.24, 2.45) is 10.9 Å². The van der Waals surface area contributed by atoms with Gasteiger partial charge in [0, 0.05) is 29.3 Å². The predicted molar refractivity (Wildman–Crippen MR) is 317 cm³/mol. The number of pyridine rings is 1. The minimum Gasteiger partial charge on any atom is -0.461 e. The van der Waals surface area contributed by atoms with Crippen LogP contribution >= 0.6 is 11.3 Å². The van der Waals surface area contributed by atoms with E-state index in [-0.39, 0.29) is 48.2 Å². The Morgan fingerprint density at radius 2 is 1.27 bits per heavy atom. The Balaban J connectivity index is 0.945. The van der Waals surface area contributed by atoms with Gasteiger partial charge in [-0.15, -0.1) is 11.3 Å². The van der Waals surface area contributed by atoms with Gasteiger partial charge in [-0.25, -0.2) is 14.3 Å². The number of nitrogens with one attached hydrogen (secondary N) is 2. The van der Waals surface area contributed by atoms with Gasteiger partial charge in [0.05, 0.1) is 28.7 Å². The normalized spacial score (nSPS) is 16.1. The first-order valence-corrected chi connectivity index (χ1v) is 29.4. The number of aromatic nitrogens is 4. The maximum atomic E-state index is 15.0. The first kappa shape index (κ1) is 55.3. The number of amides is 3. The molecule has 83 heavy (non-hydrogen) atoms. The summed E-state index contributed by atoms with van der Waals surface area (Å²) in [5, 5.41) is 17.2. The number of thiazole rings is 1. The standard InChI is InChI=1S/C65H57N9O7S2/c1-2-3-40-80-62(78)57-46(41-72-37-34-45(35-38-72)58(66)75)44-83(79)61-56(60(77)74(57)61)68-59(76)55(54-43-82-63(67-54)69-64(47-22-10-4-11-23-47,48-24-12-5-13-25-48)49-26-14-6-15-27-49)71-81-42-53-36-39-73(70-53)65(50-28-16-7-17-29-50,51-30-18-8-19-31-51)52-32-20-9-21-33-52/h4-39,43,56,61H,2-3,40-42,44H2,1H3,(H3-,66,67,68,69,75,76)/p+1/t56-,61+,83?/m1/s1. The fourth-order valence-corrected chi connectivity index (χ4v) is 13.2. The van der Waals surface area contributed by atoms with Crippen LogP contribution in [0.3, 0.4) is 0 Å². The number of nitrogens with two attached hydrogens (primary N) is 1. The molecule has 6 aromatic carbocycles. The van der Waals surface area contributed by atoms with Gasteiger partial charge in [0.25, 0.3) is 11.8 Å². The molecule has 4 N–H and O–H groups in total. The molecule has 16 nitrogen and oxygen atoms in total. The molecule has 0 spiro atoms. The summed E-state index contributed by atoms with van der Waals surface area (Å²) < 4.78 is 23.7. The Kier molecular flexibility index (Phi) is 16.4. The van der Waals surface area contributed by atoms with E-state index in [2.05, 4.69) is 52.2 Å². The monoisotopic (exact) mass is 1140 g/mol. The van der Waals surface area contributed by atoms with Gasteiger partial charge in [-0.3, -0.25) is 28.2 Å². The zero-order valence-corrected chi connectivity index (χ0v) is 46.8. The second-order valence-electron chi connectivity index (χ2n) is 19.9. The molecule has 0 bridgehead atoms. The van der Waals surface area contributed by atoms with Crippen molar-refractivity contribution in [1.29, 1.82) is 0 Å². The number of carbonyl (C=O) groups is 4. The minimum absolute atomic E-state index is 0.0471. The van der Waals surface area contributed by atoms with E-state index >= 15 is 4.79 Å². The van der Waals surface area contributed by atoms with Crippen molar-refractivity contribution in [3.63, 3.8) is 0 Å². The number of hydrogen-bond acceptors (Lipinski definition) is 12. The third-order valence-electron chi connectivity index (χ3n) is 14.8. The SMILES string of the molecule is CCCCOC(=O)C1=C(C[n+]2ccc(C(N)=O)cc2)CS(=O)[C@H]2[C@H](NC(=O)C(=NOCc3ccn(C(c4ccccc4)(c4ccccc4)c4ccccc4)n3)c3csc(NC(c4ccccc4)(c4ccccc4)c4ccccc4)n3)C(=O)N12. The fraction of sp³-hybridized carbons (Fsp3) is 0.169. The highest BCUT2D eigenvalue weighted by atomic mass is 32.2. The maximum absolute atomic E-state index is 15.0. The quantitative estimate of drug-likeness (QED) is 0.0112. The number of oxime groups is 1. The lowest BCUT2D eigenvalue weighted by Gasteiger charge is -2.49. The van der Waals surface area contributed by atoms with Crippen molar-refractivity contribution in [3.8, 4) is 0 Å². The highest BCUT2D eigenvalue weighted by molar-refractivity contribution is 7.86. The number of carbonyl (C=O) groups excluding carboxylic acids is 4. The van der Waals surface area contributed by atoms with E-state index in [1.807, 2.05) is 169 Å². The number of primary amides is 1. The number of benzene rings is 6. The lowest BCUT2D eigenvalue weighted by Crippen LogP contribution is -2.74. The van der Waals surface area contributed by atoms with Crippen LogP contribution in [0.4, 0.5) is 5.13 Å². The van der Waals surface area contributed by atoms with Crippen LogP contribution in [-0.2, 0) is 59.0 Å². The third kappa shape index (κ3) is 11.0. The summed E-state index contributed by atoms with van der Waals surface area (Å²) >= 11 is 1.25. The van der Waals surface area contributed by atoms with Crippen LogP contribution in [0, 0.1) is 0 Å². The molecule has 18 heteroatoms. The lowest BCUT2D eigenvalue weighted by atomic mass is 9.77. The van der Waals surface area contributed by atoms with E-state index in [1.54, 1.807) is 22.3 Å². The Labute approximate surface area is 486 Å². The van der Waals surface area contributed by atoms with Crippen LogP contribution in [0.25, 0.3) is 0 Å². The summed E-state index contributed by atoms with van der Waals surface area (Å²) in [6.07, 6.45) is 6.44. The van der Waals surface area contributed by atoms with Crippen molar-refractivity contribution in [2.45, 2.75) is 55.4 Å². The van der Waals surface area contributed by atoms with Crippen LogP contribution in [0.5, 0.6) is 0 Å². The zero-order valence-electron chi connectivity index (χ0n) is 45.2. The van der Waals surface area contributed by atoms with Gasteiger partial charge in [0.2, 0.25) is 5.91 Å². The molecule has 1 fully saturated rings. The van der Waals surface area contributed by atoms with Crippen molar-refractivity contribution in [1.82, 2.24) is 25.0 Å². The number of hydrogen-bond donors (Lipinski definition) is 3. The number of β-lactam (4-membered cyclic amide) rings is 1. The second-order valence-corrected chi connectivity index (χ2v) is 22.3. The maximum Gasteiger partial charge on any atom is 0.355 e. The average Bonchev–Trinajstić information content (AvgIpc) is 2.93. The van der Waals surface area contributed by atoms with Gasteiger partial charge >= 0.3 is 5.97 Å². The molecular formula is C65H58N9O7S2+. The van der Waals surface area contributed by atoms with E-state index in [4.69, 9.17) is 25.4 Å². The van der Waals surface area contributed by atoms with Gasteiger partial charge in [-0.1, -0.05) is 200 Å². The van der Waals surface area contributed by atoms with Crippen molar-refractivity contribution < 1.29 is 37.5 Å². The lowest BCUT2D eigenvalue weighted by molar-refractivity contribution is -0.689. The highest BCUT2D eigenvalue weighted by Crippen LogP contribution is 2.43. The molecule has 2 aliphatic rings. The molecule has 3 atom stereocenters. The summed E-state index contributed by atoms with van der Waals surface area (Å²) in [5.74, 6) is -3.00. The second kappa shape index (κ2) is 24.6. The number of nitrogens with zero attached hydrogens (tertiary/aromatic N) is 6. The minimum atomic E-state index is -1.82. The molecule has 0 aliphatic carbocycles. The molecule has 2 aliphatic heterocycles. The van der Waals surface area contributed by atoms with Crippen LogP contribution < -0.4 is 20.9 Å². The van der Waals surface area contributed by atoms with E-state index in [1.165, 1.54) is 23.5 Å². The van der Waals surface area contributed by atoms with E-state index < -0.39 is 57.0 Å². The van der Waals surface area contributed by atoms with Crippen molar-refractivity contribution in [2.75, 3.05) is 17.7 Å². The number of unbranched alkanes of at least 4 members (excludes halogenated alkanes) is 1. The molecule has 11 rings (SSSR count). The molecule has 5 heterocycles. The van der Waals surface area contributed by atoms with E-state index in [0.29, 0.717) is 22.8 Å². The Morgan fingerprint density at radius 3 is 1.77 bits per heavy atom. The number of fused-ring (bicyclic) bond motifs is 1. The molecule has 1 unspecified atom stereocenters. The average molecular weight is 1140 g/mol. The molecule has 3 aromatic heterocycles. The van der Waals surface area contributed by atoms with E-state index in [9.17, 15) is 18.6 Å². The number of ether oxygens (including phenoxy) is 1. The summed E-state index contributed by atoms with van der Waals surface area (Å²) in [5.41, 5.74) is 10.3. The van der Waals surface area contributed by atoms with Crippen LogP contribution in [0.15, 0.2) is 241 Å². The number of anilines is 1. The number of rotatable bonds is 22. The van der Waals surface area contributed by atoms with Gasteiger partial charge < -0.3 is 25.9 Å². The van der Waals surface area contributed by atoms with Gasteiger partial charge in [-0.05, 0) is 45.9 Å². The molecule has 3 amide bonds. The van der Waals surface area contributed by atoms with E-state index in [0.717, 1.165) is 44.7 Å². The Morgan fingerprint density at radius 1 is 0.747 bits per heavy atom. The molecule has 0 radical (unpaired) electrons. The topological polar surface area (TPSA) is 204 Å². The smallest absolute Gasteiger partial charge is 0.355 e. The first-order chi connectivity index (χ1) is 40.6. The van der Waals surface area contributed by atoms with Gasteiger partial charge in [-0.2, -0.15) is 5.10 Å². The Bertz CT molecular complexity index is 3650. The van der Waals surface area contributed by atoms with Gasteiger partial charge in [0.15, 0.2) is 36.4 Å². The third-order valence-corrected chi connectivity index (χ3v) is 17.2. The van der Waals surface area contributed by atoms with Crippen molar-refractivity contribution >= 4 is 56.7 Å². The Hall–Kier alpha value is -9.65. The van der Waals surface area contributed by atoms with Crippen LogP contribution in [0.1, 0.15) is 74.9 Å². The van der Waals surface area contributed by atoms with Gasteiger partial charge in [0.1, 0.15) is 39.6 Å². The first-order valence-electron chi connectivity index (χ1n) is 27.1. The molecule has 416 valence electrons.